The van der Waals surface area contributed by atoms with Gasteiger partial charge in [-0.1, -0.05) is 0 Å². The molecule has 0 unspecified atom stereocenters. The highest BCUT2D eigenvalue weighted by Gasteiger charge is 2.37. The van der Waals surface area contributed by atoms with Crippen LogP contribution in [-0.2, 0) is 26.7 Å². The largest absolute Gasteiger partial charge is 0.416 e. The molecule has 14 heteroatoms. The van der Waals surface area contributed by atoms with E-state index in [1.807, 2.05) is 6.07 Å². The van der Waals surface area contributed by atoms with Gasteiger partial charge in [0.2, 0.25) is 5.91 Å². The number of hydrazine groups is 1. The fourth-order valence-electron chi connectivity index (χ4n) is 2.38. The second kappa shape index (κ2) is 10.7. The lowest BCUT2D eigenvalue weighted by atomic mass is 10.0. The first kappa shape index (κ1) is 26.1. The summed E-state index contributed by atoms with van der Waals surface area (Å²) in [5.74, 6) is -3.14. The van der Waals surface area contributed by atoms with E-state index in [-0.39, 0.29) is 18.2 Å². The van der Waals surface area contributed by atoms with Gasteiger partial charge in [0.25, 0.3) is 11.8 Å². The number of carbonyl (C=O) groups excluding carboxylic acids is 3. The molecule has 0 heterocycles. The van der Waals surface area contributed by atoms with Crippen LogP contribution in [0.25, 0.3) is 0 Å². The zero-order valence-electron chi connectivity index (χ0n) is 16.8. The highest BCUT2D eigenvalue weighted by atomic mass is 19.4. The third-order valence-electron chi connectivity index (χ3n) is 3.93. The van der Waals surface area contributed by atoms with Crippen molar-refractivity contribution in [1.82, 2.24) is 10.9 Å². The predicted molar refractivity (Wildman–Crippen MR) is 103 cm³/mol. The summed E-state index contributed by atoms with van der Waals surface area (Å²) in [4.78, 5) is 35.4. The number of rotatable bonds is 6. The van der Waals surface area contributed by atoms with Crippen LogP contribution in [-0.4, -0.2) is 30.9 Å². The summed E-state index contributed by atoms with van der Waals surface area (Å²) in [6.07, 6.45) is -10.3. The van der Waals surface area contributed by atoms with Crippen LogP contribution in [0.15, 0.2) is 42.5 Å². The van der Waals surface area contributed by atoms with Crippen molar-refractivity contribution >= 4 is 23.4 Å². The Labute approximate surface area is 187 Å². The molecule has 3 amide bonds. The van der Waals surface area contributed by atoms with Gasteiger partial charge in [-0.25, -0.2) is 0 Å². The summed E-state index contributed by atoms with van der Waals surface area (Å²) in [7, 11) is 0. The smallest absolute Gasteiger partial charge is 0.362 e. The van der Waals surface area contributed by atoms with E-state index in [0.29, 0.717) is 11.3 Å². The monoisotopic (exact) mass is 488 g/mol. The minimum atomic E-state index is -5.15. The Morgan fingerprint density at radius 2 is 1.35 bits per heavy atom. The zero-order valence-corrected chi connectivity index (χ0v) is 16.8. The normalized spacial score (nSPS) is 11.3. The molecule has 3 N–H and O–H groups in total. The molecule has 0 aliphatic rings. The molecule has 2 aromatic rings. The van der Waals surface area contributed by atoms with Crippen LogP contribution < -0.4 is 16.2 Å². The number of benzene rings is 2. The minimum Gasteiger partial charge on any atom is -0.362 e. The molecule has 0 aliphatic heterocycles. The van der Waals surface area contributed by atoms with E-state index < -0.39 is 60.0 Å². The number of nitriles is 1. The maximum Gasteiger partial charge on any atom is 0.416 e. The predicted octanol–water partition coefficient (Wildman–Crippen LogP) is 3.01. The number of hydrogen-bond donors (Lipinski definition) is 3. The van der Waals surface area contributed by atoms with Gasteiger partial charge in [0.15, 0.2) is 0 Å². The van der Waals surface area contributed by atoms with E-state index in [9.17, 15) is 40.7 Å². The van der Waals surface area contributed by atoms with Gasteiger partial charge in [0.1, 0.15) is 13.2 Å². The highest BCUT2D eigenvalue weighted by Crippen LogP contribution is 2.36. The van der Waals surface area contributed by atoms with Gasteiger partial charge in [0.05, 0.1) is 22.8 Å². The average molecular weight is 488 g/mol. The van der Waals surface area contributed by atoms with Crippen LogP contribution in [0.5, 0.6) is 0 Å². The van der Waals surface area contributed by atoms with E-state index >= 15 is 0 Å². The van der Waals surface area contributed by atoms with Gasteiger partial charge in [-0.15, -0.1) is 0 Å². The highest BCUT2D eigenvalue weighted by molar-refractivity contribution is 5.96. The summed E-state index contributed by atoms with van der Waals surface area (Å²) >= 11 is 0. The number of nitrogens with zero attached hydrogens (tertiary/aromatic N) is 1. The molecule has 0 saturated carbocycles. The maximum absolute atomic E-state index is 12.9. The van der Waals surface area contributed by atoms with Crippen molar-refractivity contribution in [3.63, 3.8) is 0 Å². The molecule has 0 atom stereocenters. The Balaban J connectivity index is 1.87. The van der Waals surface area contributed by atoms with E-state index in [1.54, 1.807) is 10.9 Å². The summed E-state index contributed by atoms with van der Waals surface area (Å²) in [5.41, 5.74) is -0.264. The number of alkyl halides is 6. The van der Waals surface area contributed by atoms with Crippen LogP contribution in [0.1, 0.15) is 27.0 Å². The molecule has 0 fully saturated rings. The fraction of sp³-hybridized carbons (Fsp3) is 0.200. The van der Waals surface area contributed by atoms with E-state index in [1.165, 1.54) is 24.3 Å². The Hall–Kier alpha value is -4.12. The lowest BCUT2D eigenvalue weighted by molar-refractivity contribution is -0.143. The first-order chi connectivity index (χ1) is 15.8. The van der Waals surface area contributed by atoms with E-state index in [0.717, 1.165) is 0 Å². The molecule has 0 spiro atoms. The van der Waals surface area contributed by atoms with E-state index in [2.05, 4.69) is 5.32 Å². The van der Waals surface area contributed by atoms with Crippen LogP contribution in [0.2, 0.25) is 0 Å². The molecule has 0 saturated heterocycles. The summed E-state index contributed by atoms with van der Waals surface area (Å²) < 4.78 is 82.0. The molecule has 8 nitrogen and oxygen atoms in total. The standard InChI is InChI=1S/C20H14F6N4O4/c21-19(22,23)13-5-12(6-14(7-13)20(24,25)26)18(33)30-29-17(32)10-34-9-16(31)28-15-3-1-11(8-27)2-4-15/h1-7H,9-10H2,(H,28,31)(H,29,32)(H,30,33). The van der Waals surface area contributed by atoms with Crippen LogP contribution in [0, 0.1) is 11.3 Å². The third kappa shape index (κ3) is 7.78. The quantitative estimate of drug-likeness (QED) is 0.427. The van der Waals surface area contributed by atoms with Gasteiger partial charge in [-0.2, -0.15) is 31.6 Å². The second-order valence-electron chi connectivity index (χ2n) is 6.53. The molecular formula is C20H14F6N4O4. The van der Waals surface area contributed by atoms with Crippen LogP contribution in [0.4, 0.5) is 32.0 Å². The number of amides is 3. The van der Waals surface area contributed by atoms with Crippen molar-refractivity contribution in [2.45, 2.75) is 12.4 Å². The van der Waals surface area contributed by atoms with Gasteiger partial charge in [-0.05, 0) is 42.5 Å². The number of carbonyl (C=O) groups is 3. The topological polar surface area (TPSA) is 120 Å². The molecule has 0 radical (unpaired) electrons. The molecule has 2 aromatic carbocycles. The Kier molecular flexibility index (Phi) is 8.20. The van der Waals surface area contributed by atoms with Gasteiger partial charge < -0.3 is 10.1 Å². The minimum absolute atomic E-state index is 0.147. The van der Waals surface area contributed by atoms with Crippen LogP contribution >= 0.6 is 0 Å². The number of halogens is 6. The number of hydrogen-bond acceptors (Lipinski definition) is 5. The van der Waals surface area contributed by atoms with Crippen molar-refractivity contribution < 1.29 is 45.5 Å². The Morgan fingerprint density at radius 1 is 0.824 bits per heavy atom. The average Bonchev–Trinajstić information content (AvgIpc) is 2.76. The third-order valence-corrected chi connectivity index (χ3v) is 3.93. The first-order valence-electron chi connectivity index (χ1n) is 9.06. The lowest BCUT2D eigenvalue weighted by Crippen LogP contribution is -2.43. The molecule has 0 bridgehead atoms. The molecule has 180 valence electrons. The zero-order chi connectivity index (χ0) is 25.5. The van der Waals surface area contributed by atoms with Crippen molar-refractivity contribution in [3.05, 3.63) is 64.7 Å². The maximum atomic E-state index is 12.9. The SMILES string of the molecule is N#Cc1ccc(NC(=O)COCC(=O)NNC(=O)c2cc(C(F)(F)F)cc(C(F)(F)F)c2)cc1. The molecule has 0 aromatic heterocycles. The van der Waals surface area contributed by atoms with Crippen molar-refractivity contribution in [2.24, 2.45) is 0 Å². The lowest BCUT2D eigenvalue weighted by Gasteiger charge is -2.14. The van der Waals surface area contributed by atoms with E-state index in [4.69, 9.17) is 10.00 Å². The summed E-state index contributed by atoms with van der Waals surface area (Å²) in [6, 6.07) is 7.95. The van der Waals surface area contributed by atoms with Crippen LogP contribution in [0.3, 0.4) is 0 Å². The Bertz CT molecular complexity index is 1080. The van der Waals surface area contributed by atoms with Gasteiger partial charge >= 0.3 is 12.4 Å². The second-order valence-corrected chi connectivity index (χ2v) is 6.53. The summed E-state index contributed by atoms with van der Waals surface area (Å²) in [5, 5.41) is 11.1. The summed E-state index contributed by atoms with van der Waals surface area (Å²) in [6.45, 7) is -1.36. The fourth-order valence-corrected chi connectivity index (χ4v) is 2.38. The Morgan fingerprint density at radius 3 is 1.85 bits per heavy atom. The van der Waals surface area contributed by atoms with Gasteiger partial charge in [-0.3, -0.25) is 25.2 Å². The van der Waals surface area contributed by atoms with Crippen molar-refractivity contribution in [1.29, 1.82) is 5.26 Å². The molecule has 0 aliphatic carbocycles. The van der Waals surface area contributed by atoms with Gasteiger partial charge in [0, 0.05) is 11.3 Å². The molecular weight excluding hydrogens is 474 g/mol. The molecule has 2 rings (SSSR count). The number of nitrogens with one attached hydrogen (secondary N) is 3. The number of anilines is 1. The molecule has 34 heavy (non-hydrogen) atoms. The van der Waals surface area contributed by atoms with Crippen molar-refractivity contribution in [3.8, 4) is 6.07 Å². The number of ether oxygens (including phenoxy) is 1. The first-order valence-corrected chi connectivity index (χ1v) is 9.06. The van der Waals surface area contributed by atoms with Crippen molar-refractivity contribution in [2.75, 3.05) is 18.5 Å².